The van der Waals surface area contributed by atoms with Gasteiger partial charge in [-0.2, -0.15) is 0 Å². The first-order chi connectivity index (χ1) is 13.8. The minimum atomic E-state index is -1.29. The molecule has 150 valence electrons. The molecule has 0 aliphatic carbocycles. The first kappa shape index (κ1) is 19.3. The van der Waals surface area contributed by atoms with Crippen molar-refractivity contribution in [3.05, 3.63) is 59.9 Å². The molecule has 2 aromatic rings. The summed E-state index contributed by atoms with van der Waals surface area (Å²) in [6.07, 6.45) is 0. The van der Waals surface area contributed by atoms with Gasteiger partial charge in [0.25, 0.3) is 0 Å². The molecule has 2 fully saturated rings. The fourth-order valence-corrected chi connectivity index (χ4v) is 4.49. The molecule has 29 heavy (non-hydrogen) atoms. The average Bonchev–Trinajstić information content (AvgIpc) is 3.17. The normalized spacial score (nSPS) is 28.6. The number of amides is 2. The largest absolute Gasteiger partial charge is 0.468 e. The van der Waals surface area contributed by atoms with Gasteiger partial charge in [-0.15, -0.1) is 0 Å². The van der Waals surface area contributed by atoms with E-state index in [4.69, 9.17) is 4.74 Å². The monoisotopic (exact) mass is 396 g/mol. The maximum atomic E-state index is 13.2. The molecule has 7 heteroatoms. The number of carbonyl (C=O) groups is 3. The maximum absolute atomic E-state index is 13.2. The standard InChI is InChI=1S/C22H21FN2O4/c1-22(21(28)29-3)17-16(19(26)25(2)20(17)27)18(24-22)14-6-4-12(5-7-14)13-8-10-15(23)11-9-13/h4-11,16-18,24H,1-3H3/t16-,17-,18-,22-/m1/s1. The van der Waals surface area contributed by atoms with E-state index < -0.39 is 29.4 Å². The molecule has 2 aromatic carbocycles. The van der Waals surface area contributed by atoms with Gasteiger partial charge in [0.2, 0.25) is 11.8 Å². The second kappa shape index (κ2) is 6.77. The lowest BCUT2D eigenvalue weighted by atomic mass is 9.80. The SMILES string of the molecule is COC(=O)[C@]1(C)N[C@H](c2ccc(-c3ccc(F)cc3)cc2)[C@@H]2C(=O)N(C)C(=O)[C@@H]21. The van der Waals surface area contributed by atoms with Crippen LogP contribution in [0.5, 0.6) is 0 Å². The van der Waals surface area contributed by atoms with E-state index in [0.29, 0.717) is 0 Å². The number of ether oxygens (including phenoxy) is 1. The molecule has 0 saturated carbocycles. The molecular weight excluding hydrogens is 375 g/mol. The van der Waals surface area contributed by atoms with Crippen LogP contribution in [0.2, 0.25) is 0 Å². The predicted octanol–water partition coefficient (Wildman–Crippen LogP) is 2.30. The number of hydrogen-bond acceptors (Lipinski definition) is 5. The Morgan fingerprint density at radius 3 is 2.14 bits per heavy atom. The highest BCUT2D eigenvalue weighted by molar-refractivity contribution is 6.09. The van der Waals surface area contributed by atoms with Crippen molar-refractivity contribution in [1.29, 1.82) is 0 Å². The molecule has 2 aliphatic heterocycles. The average molecular weight is 396 g/mol. The third-order valence-electron chi connectivity index (χ3n) is 6.06. The van der Waals surface area contributed by atoms with Gasteiger partial charge in [0, 0.05) is 13.1 Å². The van der Waals surface area contributed by atoms with Crippen molar-refractivity contribution in [2.45, 2.75) is 18.5 Å². The van der Waals surface area contributed by atoms with E-state index in [-0.39, 0.29) is 17.6 Å². The summed E-state index contributed by atoms with van der Waals surface area (Å²) in [7, 11) is 2.70. The van der Waals surface area contributed by atoms with Gasteiger partial charge in [0.15, 0.2) is 0 Å². The molecule has 0 unspecified atom stereocenters. The van der Waals surface area contributed by atoms with Crippen LogP contribution < -0.4 is 5.32 Å². The van der Waals surface area contributed by atoms with Gasteiger partial charge < -0.3 is 4.74 Å². The number of nitrogens with zero attached hydrogens (tertiary/aromatic N) is 1. The number of fused-ring (bicyclic) bond motifs is 1. The van der Waals surface area contributed by atoms with E-state index in [1.54, 1.807) is 19.1 Å². The number of hydrogen-bond donors (Lipinski definition) is 1. The van der Waals surface area contributed by atoms with Crippen LogP contribution >= 0.6 is 0 Å². The van der Waals surface area contributed by atoms with Crippen molar-refractivity contribution in [2.24, 2.45) is 11.8 Å². The summed E-state index contributed by atoms with van der Waals surface area (Å²) in [5, 5.41) is 3.19. The highest BCUT2D eigenvalue weighted by atomic mass is 19.1. The number of benzene rings is 2. The van der Waals surface area contributed by atoms with Crippen molar-refractivity contribution in [3.63, 3.8) is 0 Å². The van der Waals surface area contributed by atoms with E-state index in [1.807, 2.05) is 24.3 Å². The Bertz CT molecular complexity index is 989. The first-order valence-corrected chi connectivity index (χ1v) is 9.31. The van der Waals surface area contributed by atoms with Crippen LogP contribution in [-0.2, 0) is 19.1 Å². The summed E-state index contributed by atoms with van der Waals surface area (Å²) in [6.45, 7) is 1.60. The van der Waals surface area contributed by atoms with Crippen molar-refractivity contribution >= 4 is 17.8 Å². The molecule has 0 aromatic heterocycles. The fraction of sp³-hybridized carbons (Fsp3) is 0.318. The van der Waals surface area contributed by atoms with Crippen LogP contribution in [0.25, 0.3) is 11.1 Å². The molecule has 6 nitrogen and oxygen atoms in total. The Kier molecular flexibility index (Phi) is 4.50. The van der Waals surface area contributed by atoms with E-state index in [1.165, 1.54) is 26.3 Å². The Morgan fingerprint density at radius 1 is 1.03 bits per heavy atom. The molecule has 2 saturated heterocycles. The zero-order valence-electron chi connectivity index (χ0n) is 16.3. The summed E-state index contributed by atoms with van der Waals surface area (Å²) in [5.74, 6) is -3.09. The van der Waals surface area contributed by atoms with Crippen LogP contribution in [0, 0.1) is 17.7 Å². The minimum Gasteiger partial charge on any atom is -0.468 e. The Morgan fingerprint density at radius 2 is 1.59 bits per heavy atom. The smallest absolute Gasteiger partial charge is 0.326 e. The van der Waals surface area contributed by atoms with Crippen molar-refractivity contribution in [1.82, 2.24) is 10.2 Å². The summed E-state index contributed by atoms with van der Waals surface area (Å²) in [4.78, 5) is 39.1. The van der Waals surface area contributed by atoms with E-state index in [9.17, 15) is 18.8 Å². The number of esters is 1. The number of imide groups is 1. The molecular formula is C22H21FN2O4. The summed E-state index contributed by atoms with van der Waals surface area (Å²) in [5.41, 5.74) is 1.25. The second-order valence-electron chi connectivity index (χ2n) is 7.68. The van der Waals surface area contributed by atoms with Gasteiger partial charge in [-0.3, -0.25) is 24.6 Å². The maximum Gasteiger partial charge on any atom is 0.326 e. The van der Waals surface area contributed by atoms with E-state index in [0.717, 1.165) is 21.6 Å². The second-order valence-corrected chi connectivity index (χ2v) is 7.68. The van der Waals surface area contributed by atoms with Gasteiger partial charge in [0.1, 0.15) is 11.4 Å². The van der Waals surface area contributed by atoms with Crippen LogP contribution in [-0.4, -0.2) is 42.4 Å². The molecule has 2 aliphatic rings. The molecule has 0 bridgehead atoms. The number of rotatable bonds is 3. The number of carbonyl (C=O) groups excluding carboxylic acids is 3. The minimum absolute atomic E-state index is 0.304. The molecule has 2 heterocycles. The lowest BCUT2D eigenvalue weighted by Gasteiger charge is -2.27. The molecule has 0 radical (unpaired) electrons. The van der Waals surface area contributed by atoms with Gasteiger partial charge in [-0.25, -0.2) is 4.39 Å². The molecule has 2 amide bonds. The zero-order valence-corrected chi connectivity index (χ0v) is 16.3. The van der Waals surface area contributed by atoms with Crippen LogP contribution in [0.4, 0.5) is 4.39 Å². The quantitative estimate of drug-likeness (QED) is 0.637. The van der Waals surface area contributed by atoms with Crippen LogP contribution in [0.3, 0.4) is 0 Å². The molecule has 0 spiro atoms. The molecule has 4 atom stereocenters. The Balaban J connectivity index is 1.71. The third-order valence-corrected chi connectivity index (χ3v) is 6.06. The highest BCUT2D eigenvalue weighted by Gasteiger charge is 2.66. The number of methoxy groups -OCH3 is 1. The summed E-state index contributed by atoms with van der Waals surface area (Å²) in [6, 6.07) is 13.1. The molecule has 1 N–H and O–H groups in total. The van der Waals surface area contributed by atoms with Crippen molar-refractivity contribution in [2.75, 3.05) is 14.2 Å². The highest BCUT2D eigenvalue weighted by Crippen LogP contribution is 2.48. The number of halogens is 1. The first-order valence-electron chi connectivity index (χ1n) is 9.31. The van der Waals surface area contributed by atoms with Gasteiger partial charge >= 0.3 is 5.97 Å². The number of nitrogens with one attached hydrogen (secondary N) is 1. The van der Waals surface area contributed by atoms with Crippen LogP contribution in [0.1, 0.15) is 18.5 Å². The van der Waals surface area contributed by atoms with E-state index in [2.05, 4.69) is 5.32 Å². The van der Waals surface area contributed by atoms with Crippen LogP contribution in [0.15, 0.2) is 48.5 Å². The predicted molar refractivity (Wildman–Crippen MR) is 103 cm³/mol. The topological polar surface area (TPSA) is 75.7 Å². The van der Waals surface area contributed by atoms with E-state index >= 15 is 0 Å². The van der Waals surface area contributed by atoms with Crippen molar-refractivity contribution < 1.29 is 23.5 Å². The fourth-order valence-electron chi connectivity index (χ4n) is 4.49. The van der Waals surface area contributed by atoms with Gasteiger partial charge in [-0.1, -0.05) is 36.4 Å². The van der Waals surface area contributed by atoms with Gasteiger partial charge in [-0.05, 0) is 35.7 Å². The zero-order chi connectivity index (χ0) is 20.9. The third kappa shape index (κ3) is 2.84. The lowest BCUT2D eigenvalue weighted by molar-refractivity contribution is -0.152. The van der Waals surface area contributed by atoms with Crippen molar-refractivity contribution in [3.8, 4) is 11.1 Å². The molecule has 4 rings (SSSR count). The van der Waals surface area contributed by atoms with Gasteiger partial charge in [0.05, 0.1) is 18.9 Å². The lowest BCUT2D eigenvalue weighted by Crippen LogP contribution is -2.53. The Labute approximate surface area is 167 Å². The summed E-state index contributed by atoms with van der Waals surface area (Å²) >= 11 is 0. The number of likely N-dealkylation sites (tertiary alicyclic amines) is 1. The Hall–Kier alpha value is -3.06. The summed E-state index contributed by atoms with van der Waals surface area (Å²) < 4.78 is 18.1.